The molecule has 2 saturated heterocycles. The number of amides is 2. The summed E-state index contributed by atoms with van der Waals surface area (Å²) in [5.41, 5.74) is 0.966. The molecule has 0 unspecified atom stereocenters. The molecule has 2 aliphatic rings. The summed E-state index contributed by atoms with van der Waals surface area (Å²) in [4.78, 5) is 45.8. The normalized spacial score (nSPS) is 23.1. The van der Waals surface area contributed by atoms with Crippen LogP contribution in [0.3, 0.4) is 0 Å². The van der Waals surface area contributed by atoms with Crippen LogP contribution < -0.4 is 10.6 Å². The standard InChI is InChI=1S/C26H30BrN7O5/c1-15-12-32(13-16(2)39-15)26(36)22-7-18(27)8-23(34(37)38)24(22)31-19-4-5-21(9-28)33(14-19)25(35)17-6-20(29-3)11-30-10-17/h6-8,10-11,15-16,19,21,29,31H,4-5,12-14H2,1-3H3/t15-,16+,19-,21+/m1/s1. The molecule has 1 aromatic heterocycles. The molecule has 2 fully saturated rings. The van der Waals surface area contributed by atoms with E-state index in [4.69, 9.17) is 4.74 Å². The Kier molecular flexibility index (Phi) is 8.66. The first kappa shape index (κ1) is 28.3. The SMILES string of the molecule is CNc1cncc(C(=O)N2C[C@H](Nc3c(C(=O)N4C[C@@H](C)O[C@@H](C)C4)cc(Br)cc3[N+](=O)[O-])CC[C@H]2C#N)c1. The fourth-order valence-corrected chi connectivity index (χ4v) is 5.53. The number of nitrogens with one attached hydrogen (secondary N) is 2. The van der Waals surface area contributed by atoms with Gasteiger partial charge in [0, 0.05) is 55.7 Å². The van der Waals surface area contributed by atoms with Gasteiger partial charge in [0.25, 0.3) is 17.5 Å². The third kappa shape index (κ3) is 6.29. The second-order valence-corrected chi connectivity index (χ2v) is 10.7. The number of hydrogen-bond donors (Lipinski definition) is 2. The Morgan fingerprint density at radius 3 is 2.51 bits per heavy atom. The molecule has 4 atom stereocenters. The van der Waals surface area contributed by atoms with Crippen LogP contribution in [0.1, 0.15) is 47.4 Å². The molecule has 4 rings (SSSR count). The maximum atomic E-state index is 13.7. The van der Waals surface area contributed by atoms with Crippen LogP contribution >= 0.6 is 15.9 Å². The van der Waals surface area contributed by atoms with Crippen LogP contribution in [-0.2, 0) is 4.74 Å². The van der Waals surface area contributed by atoms with Crippen LogP contribution in [0.4, 0.5) is 17.1 Å². The lowest BCUT2D eigenvalue weighted by molar-refractivity contribution is -0.384. The van der Waals surface area contributed by atoms with Crippen molar-refractivity contribution in [3.05, 3.63) is 56.3 Å². The van der Waals surface area contributed by atoms with E-state index < -0.39 is 17.0 Å². The number of nitrogens with zero attached hydrogens (tertiary/aromatic N) is 5. The van der Waals surface area contributed by atoms with E-state index in [-0.39, 0.29) is 47.5 Å². The molecule has 3 heterocycles. The number of ether oxygens (including phenoxy) is 1. The predicted molar refractivity (Wildman–Crippen MR) is 148 cm³/mol. The number of nitriles is 1. The monoisotopic (exact) mass is 599 g/mol. The Labute approximate surface area is 234 Å². The highest BCUT2D eigenvalue weighted by Gasteiger charge is 2.36. The number of pyridine rings is 1. The van der Waals surface area contributed by atoms with Crippen molar-refractivity contribution in [3.8, 4) is 6.07 Å². The summed E-state index contributed by atoms with van der Waals surface area (Å²) in [5.74, 6) is -0.715. The fraction of sp³-hybridized carbons (Fsp3) is 0.462. The number of likely N-dealkylation sites (tertiary alicyclic amines) is 1. The van der Waals surface area contributed by atoms with Gasteiger partial charge in [0.15, 0.2) is 0 Å². The second-order valence-electron chi connectivity index (χ2n) is 9.81. The first-order valence-electron chi connectivity index (χ1n) is 12.6. The summed E-state index contributed by atoms with van der Waals surface area (Å²) >= 11 is 3.31. The zero-order valence-electron chi connectivity index (χ0n) is 21.9. The largest absolute Gasteiger partial charge is 0.387 e. The number of carbonyl (C=O) groups excluding carboxylic acids is 2. The molecular formula is C26H30BrN7O5. The van der Waals surface area contributed by atoms with Crippen LogP contribution in [-0.4, -0.2) is 82.5 Å². The number of halogens is 1. The first-order chi connectivity index (χ1) is 18.6. The number of aromatic nitrogens is 1. The molecule has 13 heteroatoms. The van der Waals surface area contributed by atoms with Gasteiger partial charge in [-0.3, -0.25) is 24.7 Å². The molecule has 2 N–H and O–H groups in total. The number of morpholine rings is 1. The summed E-state index contributed by atoms with van der Waals surface area (Å²) in [6.07, 6.45) is 3.52. The van der Waals surface area contributed by atoms with E-state index in [1.807, 2.05) is 13.8 Å². The zero-order chi connectivity index (χ0) is 28.3. The van der Waals surface area contributed by atoms with Crippen molar-refractivity contribution >= 4 is 44.8 Å². The summed E-state index contributed by atoms with van der Waals surface area (Å²) in [5, 5.41) is 27.9. The van der Waals surface area contributed by atoms with E-state index in [1.54, 1.807) is 30.3 Å². The third-order valence-electron chi connectivity index (χ3n) is 6.83. The fourth-order valence-electron chi connectivity index (χ4n) is 5.08. The molecule has 2 aliphatic heterocycles. The van der Waals surface area contributed by atoms with Crippen LogP contribution in [0.5, 0.6) is 0 Å². The van der Waals surface area contributed by atoms with Gasteiger partial charge < -0.3 is 25.2 Å². The minimum Gasteiger partial charge on any atom is -0.387 e. The van der Waals surface area contributed by atoms with Crippen molar-refractivity contribution in [2.45, 2.75) is 51.0 Å². The molecule has 0 bridgehead atoms. The molecule has 12 nitrogen and oxygen atoms in total. The molecule has 2 aromatic rings. The van der Waals surface area contributed by atoms with E-state index in [0.717, 1.165) is 0 Å². The summed E-state index contributed by atoms with van der Waals surface area (Å²) < 4.78 is 6.15. The minimum atomic E-state index is -0.661. The molecule has 2 amide bonds. The highest BCUT2D eigenvalue weighted by molar-refractivity contribution is 9.10. The second kappa shape index (κ2) is 12.0. The number of nitro benzene ring substituents is 1. The lowest BCUT2D eigenvalue weighted by Crippen LogP contribution is -2.51. The van der Waals surface area contributed by atoms with Crippen molar-refractivity contribution in [3.63, 3.8) is 0 Å². The Balaban J connectivity index is 1.65. The summed E-state index contributed by atoms with van der Waals surface area (Å²) in [7, 11) is 1.71. The Morgan fingerprint density at radius 1 is 1.15 bits per heavy atom. The number of hydrogen-bond acceptors (Lipinski definition) is 9. The van der Waals surface area contributed by atoms with E-state index in [1.165, 1.54) is 17.2 Å². The van der Waals surface area contributed by atoms with Crippen molar-refractivity contribution in [2.24, 2.45) is 0 Å². The quantitative estimate of drug-likeness (QED) is 0.374. The topological polar surface area (TPSA) is 154 Å². The molecule has 0 radical (unpaired) electrons. The van der Waals surface area contributed by atoms with Crippen molar-refractivity contribution in [1.29, 1.82) is 5.26 Å². The van der Waals surface area contributed by atoms with Crippen LogP contribution in [0.15, 0.2) is 35.1 Å². The van der Waals surface area contributed by atoms with Gasteiger partial charge in [-0.25, -0.2) is 0 Å². The number of carbonyl (C=O) groups is 2. The van der Waals surface area contributed by atoms with Gasteiger partial charge in [-0.05, 0) is 38.8 Å². The van der Waals surface area contributed by atoms with E-state index in [2.05, 4.69) is 37.6 Å². The molecule has 1 aromatic carbocycles. The van der Waals surface area contributed by atoms with Gasteiger partial charge in [-0.2, -0.15) is 5.26 Å². The smallest absolute Gasteiger partial charge is 0.294 e. The van der Waals surface area contributed by atoms with E-state index >= 15 is 0 Å². The molecule has 0 saturated carbocycles. The number of anilines is 2. The van der Waals surface area contributed by atoms with Gasteiger partial charge in [0.1, 0.15) is 11.7 Å². The average Bonchev–Trinajstić information content (AvgIpc) is 2.92. The van der Waals surface area contributed by atoms with Gasteiger partial charge in [0.05, 0.1) is 40.0 Å². The highest BCUT2D eigenvalue weighted by Crippen LogP contribution is 2.35. The van der Waals surface area contributed by atoms with Crippen molar-refractivity contribution in [2.75, 3.05) is 37.3 Å². The number of rotatable bonds is 6. The number of nitro groups is 1. The summed E-state index contributed by atoms with van der Waals surface area (Å²) in [6, 6.07) is 5.67. The molecule has 0 aliphatic carbocycles. The highest BCUT2D eigenvalue weighted by atomic mass is 79.9. The summed E-state index contributed by atoms with van der Waals surface area (Å²) in [6.45, 7) is 4.59. The lowest BCUT2D eigenvalue weighted by Gasteiger charge is -2.38. The van der Waals surface area contributed by atoms with Crippen LogP contribution in [0.25, 0.3) is 0 Å². The van der Waals surface area contributed by atoms with E-state index in [9.17, 15) is 25.0 Å². The van der Waals surface area contributed by atoms with Gasteiger partial charge in [-0.15, -0.1) is 0 Å². The van der Waals surface area contributed by atoms with Crippen molar-refractivity contribution in [1.82, 2.24) is 14.8 Å². The number of piperidine rings is 1. The van der Waals surface area contributed by atoms with Crippen LogP contribution in [0.2, 0.25) is 0 Å². The van der Waals surface area contributed by atoms with E-state index in [0.29, 0.717) is 41.7 Å². The molecule has 39 heavy (non-hydrogen) atoms. The Hall–Kier alpha value is -3.76. The molecular weight excluding hydrogens is 570 g/mol. The zero-order valence-corrected chi connectivity index (χ0v) is 23.5. The average molecular weight is 600 g/mol. The maximum absolute atomic E-state index is 13.7. The third-order valence-corrected chi connectivity index (χ3v) is 7.29. The predicted octanol–water partition coefficient (Wildman–Crippen LogP) is 3.65. The Bertz CT molecular complexity index is 1310. The first-order valence-corrected chi connectivity index (χ1v) is 13.4. The maximum Gasteiger partial charge on any atom is 0.294 e. The van der Waals surface area contributed by atoms with Gasteiger partial charge in [-0.1, -0.05) is 15.9 Å². The Morgan fingerprint density at radius 2 is 1.87 bits per heavy atom. The number of benzene rings is 1. The van der Waals surface area contributed by atoms with Gasteiger partial charge in [0.2, 0.25) is 0 Å². The molecule has 206 valence electrons. The van der Waals surface area contributed by atoms with Gasteiger partial charge >= 0.3 is 0 Å². The molecule has 0 spiro atoms. The van der Waals surface area contributed by atoms with Crippen LogP contribution in [0, 0.1) is 21.4 Å². The van der Waals surface area contributed by atoms with Crippen molar-refractivity contribution < 1.29 is 19.2 Å². The lowest BCUT2D eigenvalue weighted by atomic mass is 9.97. The minimum absolute atomic E-state index is 0.0895.